The number of nitrogens with zero attached hydrogens (tertiary/aromatic N) is 4. The van der Waals surface area contributed by atoms with Gasteiger partial charge in [-0.2, -0.15) is 5.10 Å². The van der Waals surface area contributed by atoms with E-state index < -0.39 is 0 Å². The standard InChI is InChI=1S/C12H9Cl2N5/c1-19-12-9(11(15)16-5-17-12)10(18-19)7-3-2-6(13)4-8(7)14/h2-5H,1H3,(H2,15,16,17). The number of benzene rings is 1. The molecule has 3 aromatic rings. The predicted molar refractivity (Wildman–Crippen MR) is 76.2 cm³/mol. The highest BCUT2D eigenvalue weighted by Gasteiger charge is 2.17. The summed E-state index contributed by atoms with van der Waals surface area (Å²) in [4.78, 5) is 8.17. The summed E-state index contributed by atoms with van der Waals surface area (Å²) in [5, 5.41) is 6.18. The minimum atomic E-state index is 0.374. The largest absolute Gasteiger partial charge is 0.383 e. The van der Waals surface area contributed by atoms with Crippen molar-refractivity contribution in [3.63, 3.8) is 0 Å². The molecular formula is C12H9Cl2N5. The lowest BCUT2D eigenvalue weighted by Crippen LogP contribution is -1.95. The Labute approximate surface area is 119 Å². The minimum Gasteiger partial charge on any atom is -0.383 e. The molecule has 0 fully saturated rings. The van der Waals surface area contributed by atoms with Crippen LogP contribution in [0.3, 0.4) is 0 Å². The van der Waals surface area contributed by atoms with Gasteiger partial charge < -0.3 is 5.73 Å². The van der Waals surface area contributed by atoms with Gasteiger partial charge in [0.05, 0.1) is 10.4 Å². The number of aryl methyl sites for hydroxylation is 1. The van der Waals surface area contributed by atoms with Crippen LogP contribution in [0.5, 0.6) is 0 Å². The Morgan fingerprint density at radius 1 is 1.21 bits per heavy atom. The number of hydrogen-bond donors (Lipinski definition) is 1. The first kappa shape index (κ1) is 12.2. The first-order valence-corrected chi connectivity index (χ1v) is 6.22. The third-order valence-electron chi connectivity index (χ3n) is 2.84. The van der Waals surface area contributed by atoms with Crippen LogP contribution in [0.2, 0.25) is 10.0 Å². The zero-order valence-electron chi connectivity index (χ0n) is 9.93. The summed E-state index contributed by atoms with van der Waals surface area (Å²) in [5.41, 5.74) is 7.97. The number of halogens is 2. The van der Waals surface area contributed by atoms with Crippen molar-refractivity contribution in [3.8, 4) is 11.3 Å². The van der Waals surface area contributed by atoms with Crippen LogP contribution in [0.25, 0.3) is 22.3 Å². The van der Waals surface area contributed by atoms with E-state index in [0.717, 1.165) is 5.56 Å². The third kappa shape index (κ3) is 1.91. The molecule has 96 valence electrons. The summed E-state index contributed by atoms with van der Waals surface area (Å²) in [5.74, 6) is 0.374. The number of fused-ring (bicyclic) bond motifs is 1. The first-order chi connectivity index (χ1) is 9.08. The van der Waals surface area contributed by atoms with Gasteiger partial charge in [-0.05, 0) is 18.2 Å². The van der Waals surface area contributed by atoms with Crippen LogP contribution in [-0.2, 0) is 7.05 Å². The minimum absolute atomic E-state index is 0.374. The van der Waals surface area contributed by atoms with Crippen molar-refractivity contribution in [3.05, 3.63) is 34.6 Å². The highest BCUT2D eigenvalue weighted by Crippen LogP contribution is 2.35. The molecule has 7 heteroatoms. The van der Waals surface area contributed by atoms with E-state index >= 15 is 0 Å². The normalized spacial score (nSPS) is 11.1. The molecule has 0 bridgehead atoms. The molecule has 0 unspecified atom stereocenters. The van der Waals surface area contributed by atoms with Crippen LogP contribution in [-0.4, -0.2) is 19.7 Å². The van der Waals surface area contributed by atoms with Crippen LogP contribution in [0.4, 0.5) is 5.82 Å². The van der Waals surface area contributed by atoms with Gasteiger partial charge in [-0.1, -0.05) is 23.2 Å². The van der Waals surface area contributed by atoms with E-state index in [4.69, 9.17) is 28.9 Å². The SMILES string of the molecule is Cn1nc(-c2ccc(Cl)cc2Cl)c2c(N)ncnc21. The van der Waals surface area contributed by atoms with Crippen LogP contribution in [0.15, 0.2) is 24.5 Å². The highest BCUT2D eigenvalue weighted by atomic mass is 35.5. The highest BCUT2D eigenvalue weighted by molar-refractivity contribution is 6.36. The second-order valence-corrected chi connectivity index (χ2v) is 4.90. The van der Waals surface area contributed by atoms with Gasteiger partial charge in [0.15, 0.2) is 5.65 Å². The maximum Gasteiger partial charge on any atom is 0.163 e. The van der Waals surface area contributed by atoms with Crippen molar-refractivity contribution < 1.29 is 0 Å². The van der Waals surface area contributed by atoms with Gasteiger partial charge in [-0.15, -0.1) is 0 Å². The van der Waals surface area contributed by atoms with E-state index in [1.54, 1.807) is 29.9 Å². The molecule has 3 rings (SSSR count). The summed E-state index contributed by atoms with van der Waals surface area (Å²) in [6, 6.07) is 5.22. The molecule has 0 aliphatic rings. The molecule has 0 aliphatic heterocycles. The van der Waals surface area contributed by atoms with Gasteiger partial charge in [0.2, 0.25) is 0 Å². The Kier molecular flexibility index (Phi) is 2.80. The Morgan fingerprint density at radius 2 is 2.00 bits per heavy atom. The van der Waals surface area contributed by atoms with E-state index in [0.29, 0.717) is 32.6 Å². The lowest BCUT2D eigenvalue weighted by atomic mass is 10.1. The summed E-state index contributed by atoms with van der Waals surface area (Å²) < 4.78 is 1.65. The van der Waals surface area contributed by atoms with Crippen LogP contribution in [0, 0.1) is 0 Å². The second kappa shape index (κ2) is 4.36. The number of nitrogen functional groups attached to an aromatic ring is 1. The van der Waals surface area contributed by atoms with Crippen LogP contribution < -0.4 is 5.73 Å². The van der Waals surface area contributed by atoms with E-state index in [9.17, 15) is 0 Å². The van der Waals surface area contributed by atoms with Crippen molar-refractivity contribution in [2.45, 2.75) is 0 Å². The monoisotopic (exact) mass is 293 g/mol. The maximum absolute atomic E-state index is 6.21. The van der Waals surface area contributed by atoms with Gasteiger partial charge in [-0.25, -0.2) is 14.6 Å². The summed E-state index contributed by atoms with van der Waals surface area (Å²) in [6.45, 7) is 0. The van der Waals surface area contributed by atoms with Crippen molar-refractivity contribution in [2.75, 3.05) is 5.73 Å². The van der Waals surface area contributed by atoms with Gasteiger partial charge in [0.1, 0.15) is 17.8 Å². The van der Waals surface area contributed by atoms with Gasteiger partial charge in [0.25, 0.3) is 0 Å². The lowest BCUT2D eigenvalue weighted by molar-refractivity contribution is 0.789. The number of hydrogen-bond acceptors (Lipinski definition) is 4. The van der Waals surface area contributed by atoms with E-state index in [2.05, 4.69) is 15.1 Å². The molecule has 5 nitrogen and oxygen atoms in total. The molecule has 0 amide bonds. The van der Waals surface area contributed by atoms with Gasteiger partial charge in [0, 0.05) is 17.6 Å². The molecule has 2 heterocycles. The number of rotatable bonds is 1. The summed E-state index contributed by atoms with van der Waals surface area (Å²) in [6.07, 6.45) is 1.41. The zero-order valence-corrected chi connectivity index (χ0v) is 11.4. The Morgan fingerprint density at radius 3 is 2.74 bits per heavy atom. The van der Waals surface area contributed by atoms with Crippen molar-refractivity contribution in [1.82, 2.24) is 19.7 Å². The lowest BCUT2D eigenvalue weighted by Gasteiger charge is -2.02. The zero-order chi connectivity index (χ0) is 13.6. The van der Waals surface area contributed by atoms with Crippen molar-refractivity contribution >= 4 is 40.1 Å². The molecule has 0 spiro atoms. The molecule has 2 N–H and O–H groups in total. The third-order valence-corrected chi connectivity index (χ3v) is 3.38. The average Bonchev–Trinajstić information content (AvgIpc) is 2.68. The quantitative estimate of drug-likeness (QED) is 0.749. The Hall–Kier alpha value is -1.85. The Balaban J connectivity index is 2.37. The number of nitrogens with two attached hydrogens (primary N) is 1. The van der Waals surface area contributed by atoms with Gasteiger partial charge >= 0.3 is 0 Å². The van der Waals surface area contributed by atoms with Gasteiger partial charge in [-0.3, -0.25) is 0 Å². The van der Waals surface area contributed by atoms with Crippen molar-refractivity contribution in [2.24, 2.45) is 7.05 Å². The Bertz CT molecular complexity index is 781. The first-order valence-electron chi connectivity index (χ1n) is 5.46. The molecular weight excluding hydrogens is 285 g/mol. The second-order valence-electron chi connectivity index (χ2n) is 4.05. The van der Waals surface area contributed by atoms with Crippen LogP contribution in [0.1, 0.15) is 0 Å². The number of aromatic nitrogens is 4. The predicted octanol–water partition coefficient (Wildman–Crippen LogP) is 2.92. The molecule has 0 saturated carbocycles. The van der Waals surface area contributed by atoms with E-state index in [-0.39, 0.29) is 0 Å². The molecule has 0 aliphatic carbocycles. The molecule has 1 aromatic carbocycles. The smallest absolute Gasteiger partial charge is 0.163 e. The van der Waals surface area contributed by atoms with E-state index in [1.807, 2.05) is 0 Å². The van der Waals surface area contributed by atoms with E-state index in [1.165, 1.54) is 6.33 Å². The topological polar surface area (TPSA) is 69.6 Å². The molecule has 0 atom stereocenters. The fourth-order valence-electron chi connectivity index (χ4n) is 1.98. The number of anilines is 1. The molecule has 0 radical (unpaired) electrons. The molecule has 19 heavy (non-hydrogen) atoms. The molecule has 2 aromatic heterocycles. The average molecular weight is 294 g/mol. The summed E-state index contributed by atoms with van der Waals surface area (Å²) in [7, 11) is 1.79. The van der Waals surface area contributed by atoms with Crippen molar-refractivity contribution in [1.29, 1.82) is 0 Å². The fraction of sp³-hybridized carbons (Fsp3) is 0.0833. The van der Waals surface area contributed by atoms with Crippen LogP contribution >= 0.6 is 23.2 Å². The molecule has 0 saturated heterocycles. The maximum atomic E-state index is 6.21. The fourth-order valence-corrected chi connectivity index (χ4v) is 2.48. The summed E-state index contributed by atoms with van der Waals surface area (Å²) >= 11 is 12.1.